The minimum atomic E-state index is 0. The van der Waals surface area contributed by atoms with Gasteiger partial charge in [0.2, 0.25) is 0 Å². The van der Waals surface area contributed by atoms with Crippen LogP contribution < -0.4 is 0 Å². The van der Waals surface area contributed by atoms with Gasteiger partial charge in [0.05, 0.1) is 0 Å². The Morgan fingerprint density at radius 3 is 1.00 bits per heavy atom. The van der Waals surface area contributed by atoms with E-state index in [9.17, 15) is 0 Å². The fraction of sp³-hybridized carbons (Fsp3) is 0. The van der Waals surface area contributed by atoms with Crippen molar-refractivity contribution in [1.82, 2.24) is 0 Å². The van der Waals surface area contributed by atoms with Gasteiger partial charge in [-0.2, -0.15) is 0 Å². The van der Waals surface area contributed by atoms with Crippen LogP contribution in [0.4, 0.5) is 0 Å². The predicted molar refractivity (Wildman–Crippen MR) is 8.54 cm³/mol. The predicted octanol–water partition coefficient (Wildman–Crippen LogP) is -0.924. The summed E-state index contributed by atoms with van der Waals surface area (Å²) in [4.78, 5) is 0. The maximum Gasteiger partial charge on any atom is 0 e. The molecule has 0 heterocycles. The Kier molecular flexibility index (Phi) is 109. The third kappa shape index (κ3) is 8.99. The summed E-state index contributed by atoms with van der Waals surface area (Å²) in [6.45, 7) is 0. The monoisotopic (exact) mass is 512 g/mol. The molecule has 0 saturated heterocycles. The van der Waals surface area contributed by atoms with E-state index in [2.05, 4.69) is 0 Å². The molecule has 0 aliphatic heterocycles. The summed E-state index contributed by atoms with van der Waals surface area (Å²) >= 11 is 0. The molecule has 14 valence electrons. The Labute approximate surface area is 96.0 Å². The Morgan fingerprint density at radius 1 is 1.00 bits per heavy atom. The molecule has 0 aromatic carbocycles. The molecule has 0 radical (unpaired) electrons. The van der Waals surface area contributed by atoms with Crippen LogP contribution in [0.5, 0.6) is 0 Å². The van der Waals surface area contributed by atoms with Gasteiger partial charge in [0, 0.05) is 74.4 Å². The van der Waals surface area contributed by atoms with E-state index in [1.54, 1.807) is 0 Å². The third-order valence-corrected chi connectivity index (χ3v) is 0. The van der Waals surface area contributed by atoms with Gasteiger partial charge in [-0.15, -0.1) is 0 Å². The fourth-order valence-electron chi connectivity index (χ4n) is 0. The largest absolute Gasteiger partial charge is 0 e. The molecule has 0 bridgehead atoms. The molecule has 0 amide bonds. The maximum atomic E-state index is 0. The van der Waals surface area contributed by atoms with E-state index in [-0.39, 0.29) is 98.1 Å². The van der Waals surface area contributed by atoms with Crippen LogP contribution in [0.1, 0.15) is 0 Å². The van der Waals surface area contributed by atoms with Crippen LogP contribution in [0.25, 0.3) is 0 Å². The Morgan fingerprint density at radius 2 is 1.00 bits per heavy atom. The van der Waals surface area contributed by atoms with E-state index in [0.29, 0.717) is 0 Å². The standard InChI is InChI=1S/Cd.Hg.H2Te.Zn/h;;1H2;. The molecular formula is H2CdHgTeZn. The van der Waals surface area contributed by atoms with E-state index < -0.39 is 0 Å². The van der Waals surface area contributed by atoms with E-state index in [0.717, 1.165) is 0 Å². The van der Waals surface area contributed by atoms with Gasteiger partial charge >= 0.3 is 23.7 Å². The zero-order valence-corrected chi connectivity index (χ0v) is 18.0. The van der Waals surface area contributed by atoms with Crippen molar-refractivity contribution in [2.45, 2.75) is 0 Å². The van der Waals surface area contributed by atoms with Crippen LogP contribution >= 0.6 is 0 Å². The van der Waals surface area contributed by atoms with Crippen molar-refractivity contribution in [2.24, 2.45) is 0 Å². The van der Waals surface area contributed by atoms with Gasteiger partial charge in [-0.3, -0.25) is 0 Å². The molecule has 0 atom stereocenters. The summed E-state index contributed by atoms with van der Waals surface area (Å²) in [5.41, 5.74) is 0. The van der Waals surface area contributed by atoms with Crippen molar-refractivity contribution in [3.63, 3.8) is 0 Å². The summed E-state index contributed by atoms with van der Waals surface area (Å²) < 4.78 is 0. The first kappa shape index (κ1) is 26.7. The van der Waals surface area contributed by atoms with Gasteiger partial charge in [-0.05, 0) is 0 Å². The maximum absolute atomic E-state index is 0. The van der Waals surface area contributed by atoms with Crippen LogP contribution in [-0.4, -0.2) is 23.7 Å². The van der Waals surface area contributed by atoms with E-state index in [1.165, 1.54) is 0 Å². The van der Waals surface area contributed by atoms with Crippen LogP contribution in [0.2, 0.25) is 0 Å². The third-order valence-electron chi connectivity index (χ3n) is 0. The molecule has 0 aliphatic carbocycles. The van der Waals surface area contributed by atoms with Crippen molar-refractivity contribution in [3.8, 4) is 0 Å². The molecular weight excluding hydrogens is 506 g/mol. The molecule has 0 spiro atoms. The summed E-state index contributed by atoms with van der Waals surface area (Å²) in [5, 5.41) is 0. The minimum Gasteiger partial charge on any atom is 0 e. The fourth-order valence-corrected chi connectivity index (χ4v) is 0. The van der Waals surface area contributed by atoms with Crippen molar-refractivity contribution < 1.29 is 74.4 Å². The van der Waals surface area contributed by atoms with Gasteiger partial charge in [0.1, 0.15) is 0 Å². The number of hydrogen-bond donors (Lipinski definition) is 0. The quantitative estimate of drug-likeness (QED) is 0.372. The molecule has 0 aromatic heterocycles. The van der Waals surface area contributed by atoms with Crippen LogP contribution in [0, 0.1) is 0 Å². The van der Waals surface area contributed by atoms with Gasteiger partial charge in [0.15, 0.2) is 0 Å². The normalized spacial score (nSPS) is 0. The molecule has 0 unspecified atom stereocenters. The zero-order valence-electron chi connectivity index (χ0n) is 2.62. The topological polar surface area (TPSA) is 0 Å². The van der Waals surface area contributed by atoms with Crippen LogP contribution in [0.15, 0.2) is 0 Å². The summed E-state index contributed by atoms with van der Waals surface area (Å²) in [7, 11) is 0. The molecule has 0 nitrogen and oxygen atoms in total. The average Bonchev–Trinajstić information content (AvgIpc) is 0. The first-order valence-corrected chi connectivity index (χ1v) is 0. The molecule has 4 heavy (non-hydrogen) atoms. The molecule has 0 aliphatic rings. The van der Waals surface area contributed by atoms with Gasteiger partial charge in [0.25, 0.3) is 0 Å². The summed E-state index contributed by atoms with van der Waals surface area (Å²) in [6.07, 6.45) is 0. The van der Waals surface area contributed by atoms with E-state index in [1.807, 2.05) is 0 Å². The molecule has 0 saturated carbocycles. The first-order valence-electron chi connectivity index (χ1n) is 0. The van der Waals surface area contributed by atoms with Gasteiger partial charge in [-0.25, -0.2) is 0 Å². The summed E-state index contributed by atoms with van der Waals surface area (Å²) in [5.74, 6) is 0. The average molecular weight is 508 g/mol. The summed E-state index contributed by atoms with van der Waals surface area (Å²) in [6, 6.07) is 0. The second-order valence-corrected chi connectivity index (χ2v) is 0. The minimum absolute atomic E-state index is 0. The van der Waals surface area contributed by atoms with Crippen molar-refractivity contribution in [1.29, 1.82) is 0 Å². The second-order valence-electron chi connectivity index (χ2n) is 0. The smallest absolute Gasteiger partial charge is 0 e. The Bertz CT molecular complexity index is 8.00. The molecule has 0 rings (SSSR count). The molecule has 0 N–H and O–H groups in total. The van der Waals surface area contributed by atoms with Crippen LogP contribution in [-0.2, 0) is 74.4 Å². The number of rotatable bonds is 0. The molecule has 4 heteroatoms. The van der Waals surface area contributed by atoms with Crippen molar-refractivity contribution in [3.05, 3.63) is 0 Å². The Balaban J connectivity index is 0. The molecule has 0 fully saturated rings. The van der Waals surface area contributed by atoms with Gasteiger partial charge in [-0.1, -0.05) is 0 Å². The zero-order chi connectivity index (χ0) is 0. The van der Waals surface area contributed by atoms with Gasteiger partial charge < -0.3 is 0 Å². The second kappa shape index (κ2) is 16.3. The van der Waals surface area contributed by atoms with Crippen LogP contribution in [0.3, 0.4) is 0 Å². The molecule has 0 aromatic rings. The number of hydrogen-bond acceptors (Lipinski definition) is 0. The van der Waals surface area contributed by atoms with E-state index in [4.69, 9.17) is 0 Å². The first-order chi connectivity index (χ1) is 0. The van der Waals surface area contributed by atoms with Crippen molar-refractivity contribution >= 4 is 23.7 Å². The van der Waals surface area contributed by atoms with E-state index >= 15 is 0 Å². The van der Waals surface area contributed by atoms with Crippen molar-refractivity contribution in [2.75, 3.05) is 0 Å². The Hall–Kier alpha value is 3.27. The SMILES string of the molecule is [Cd].[Hg].[TeH2].[Zn].